The molecule has 3 aliphatic heterocycles. The van der Waals surface area contributed by atoms with Crippen LogP contribution in [-0.2, 0) is 23.7 Å². The van der Waals surface area contributed by atoms with E-state index in [2.05, 4.69) is 0 Å². The Balaban J connectivity index is 1.81. The van der Waals surface area contributed by atoms with Gasteiger partial charge in [0.25, 0.3) is 0 Å². The van der Waals surface area contributed by atoms with Gasteiger partial charge in [0.2, 0.25) is 0 Å². The van der Waals surface area contributed by atoms with E-state index < -0.39 is 117 Å². The fourth-order valence-electron chi connectivity index (χ4n) is 5.79. The molecule has 0 radical (unpaired) electrons. The first kappa shape index (κ1) is 34.8. The quantitative estimate of drug-likeness (QED) is 0.105. The average molecular weight is 601 g/mol. The van der Waals surface area contributed by atoms with Crippen LogP contribution in [0.2, 0.25) is 0 Å². The number of likely N-dealkylation sites (N-methyl/N-ethyl adjacent to an activating group) is 1. The molecule has 0 bridgehead atoms. The Bertz CT molecular complexity index is 814. The molecular weight excluding hydrogens is 552 g/mol. The van der Waals surface area contributed by atoms with Crippen molar-refractivity contribution in [3.8, 4) is 0 Å². The lowest BCUT2D eigenvalue weighted by atomic mass is 9.80. The Labute approximate surface area is 238 Å². The van der Waals surface area contributed by atoms with E-state index in [1.807, 2.05) is 18.7 Å². The summed E-state index contributed by atoms with van der Waals surface area (Å²) in [7, 11) is 0. The second-order valence-corrected chi connectivity index (χ2v) is 10.8. The Morgan fingerprint density at radius 1 is 0.756 bits per heavy atom. The van der Waals surface area contributed by atoms with Crippen LogP contribution in [0, 0.1) is 0 Å². The smallest absolute Gasteiger partial charge is 0.176 e. The average Bonchev–Trinajstić information content (AvgIpc) is 2.97. The molecule has 3 saturated heterocycles. The number of nitrogens with zero attached hydrogens (tertiary/aromatic N) is 1. The van der Waals surface area contributed by atoms with Crippen LogP contribution in [0.1, 0.15) is 20.8 Å². The van der Waals surface area contributed by atoms with Gasteiger partial charge in [0.1, 0.15) is 54.4 Å². The molecule has 3 fully saturated rings. The first-order valence-electron chi connectivity index (χ1n) is 13.9. The monoisotopic (exact) mass is 600 g/mol. The summed E-state index contributed by atoms with van der Waals surface area (Å²) in [6.45, 7) is 4.50. The zero-order valence-corrected chi connectivity index (χ0v) is 23.5. The topological polar surface area (TPSA) is 289 Å². The maximum absolute atomic E-state index is 11.1. The molecule has 3 aliphatic rings. The predicted molar refractivity (Wildman–Crippen MR) is 138 cm³/mol. The molecule has 0 spiro atoms. The van der Waals surface area contributed by atoms with E-state index in [0.29, 0.717) is 13.1 Å². The fourth-order valence-corrected chi connectivity index (χ4v) is 5.79. The van der Waals surface area contributed by atoms with E-state index >= 15 is 0 Å². The molecule has 242 valence electrons. The molecule has 41 heavy (non-hydrogen) atoms. The highest BCUT2D eigenvalue weighted by atomic mass is 16.7. The van der Waals surface area contributed by atoms with E-state index in [9.17, 15) is 40.9 Å². The van der Waals surface area contributed by atoms with Crippen LogP contribution in [0.3, 0.4) is 0 Å². The fraction of sp³-hybridized carbons (Fsp3) is 1.00. The van der Waals surface area contributed by atoms with Gasteiger partial charge < -0.3 is 81.7 Å². The Hall–Kier alpha value is -0.680. The van der Waals surface area contributed by atoms with Gasteiger partial charge in [-0.25, -0.2) is 0 Å². The third-order valence-corrected chi connectivity index (χ3v) is 8.59. The molecule has 16 atom stereocenters. The molecule has 3 heterocycles. The van der Waals surface area contributed by atoms with Gasteiger partial charge >= 0.3 is 0 Å². The summed E-state index contributed by atoms with van der Waals surface area (Å²) in [6, 6.07) is -4.59. The highest BCUT2D eigenvalue weighted by Gasteiger charge is 2.58. The number of nitrogens with two attached hydrogens (primary N) is 3. The molecule has 0 saturated carbocycles. The van der Waals surface area contributed by atoms with Crippen LogP contribution in [0.4, 0.5) is 0 Å². The van der Waals surface area contributed by atoms with Crippen molar-refractivity contribution < 1.29 is 64.5 Å². The maximum Gasteiger partial charge on any atom is 0.176 e. The number of aliphatic hydroxyl groups is 8. The summed E-state index contributed by atoms with van der Waals surface area (Å²) in [5.74, 6) is 0. The van der Waals surface area contributed by atoms with Crippen LogP contribution < -0.4 is 17.2 Å². The third kappa shape index (κ3) is 6.57. The van der Waals surface area contributed by atoms with Gasteiger partial charge in [0, 0.05) is 6.04 Å². The van der Waals surface area contributed by atoms with Crippen LogP contribution in [0.15, 0.2) is 0 Å². The van der Waals surface area contributed by atoms with Gasteiger partial charge in [0.05, 0.1) is 37.9 Å². The van der Waals surface area contributed by atoms with Crippen molar-refractivity contribution in [3.05, 3.63) is 0 Å². The summed E-state index contributed by atoms with van der Waals surface area (Å²) in [6.07, 6.45) is -16.0. The Morgan fingerprint density at radius 3 is 1.76 bits per heavy atom. The van der Waals surface area contributed by atoms with E-state index in [1.54, 1.807) is 6.92 Å². The van der Waals surface area contributed by atoms with Crippen LogP contribution in [0.5, 0.6) is 0 Å². The third-order valence-electron chi connectivity index (χ3n) is 8.59. The van der Waals surface area contributed by atoms with E-state index in [1.165, 1.54) is 0 Å². The molecule has 0 amide bonds. The number of hydrogen-bond acceptors (Lipinski definition) is 17. The Kier molecular flexibility index (Phi) is 12.2. The molecule has 17 heteroatoms. The highest BCUT2D eigenvalue weighted by molar-refractivity contribution is 5.07. The molecule has 14 N–H and O–H groups in total. The molecule has 0 aromatic rings. The van der Waals surface area contributed by atoms with E-state index in [0.717, 1.165) is 0 Å². The second kappa shape index (κ2) is 14.4. The summed E-state index contributed by atoms with van der Waals surface area (Å²) >= 11 is 0. The molecule has 3 rings (SSSR count). The van der Waals surface area contributed by atoms with Crippen molar-refractivity contribution in [1.82, 2.24) is 4.90 Å². The molecule has 3 unspecified atom stereocenters. The maximum atomic E-state index is 11.1. The largest absolute Gasteiger partial charge is 0.394 e. The van der Waals surface area contributed by atoms with Crippen molar-refractivity contribution >= 4 is 0 Å². The minimum Gasteiger partial charge on any atom is -0.394 e. The first-order chi connectivity index (χ1) is 19.3. The molecular formula is C24H48N4O13. The van der Waals surface area contributed by atoms with Gasteiger partial charge in [-0.05, 0) is 20.0 Å². The van der Waals surface area contributed by atoms with Gasteiger partial charge in [-0.2, -0.15) is 0 Å². The number of aliphatic hydroxyl groups excluding tert-OH is 8. The lowest BCUT2D eigenvalue weighted by molar-refractivity contribution is -0.365. The van der Waals surface area contributed by atoms with Crippen molar-refractivity contribution in [2.45, 2.75) is 118 Å². The summed E-state index contributed by atoms with van der Waals surface area (Å²) in [4.78, 5) is 1.90. The number of hydrogen-bond donors (Lipinski definition) is 11. The van der Waals surface area contributed by atoms with Crippen LogP contribution in [-0.4, -0.2) is 176 Å². The number of rotatable bonds is 11. The number of ether oxygens (including phenoxy) is 5. The van der Waals surface area contributed by atoms with Gasteiger partial charge in [-0.1, -0.05) is 13.8 Å². The van der Waals surface area contributed by atoms with Crippen molar-refractivity contribution in [2.24, 2.45) is 17.2 Å². The zero-order chi connectivity index (χ0) is 30.8. The Morgan fingerprint density at radius 2 is 1.24 bits per heavy atom. The predicted octanol–water partition coefficient (Wildman–Crippen LogP) is -6.57. The van der Waals surface area contributed by atoms with Crippen molar-refractivity contribution in [3.63, 3.8) is 0 Å². The zero-order valence-electron chi connectivity index (χ0n) is 23.5. The summed E-state index contributed by atoms with van der Waals surface area (Å²) < 4.78 is 28.7. The van der Waals surface area contributed by atoms with Crippen molar-refractivity contribution in [1.29, 1.82) is 0 Å². The lowest BCUT2D eigenvalue weighted by Gasteiger charge is -2.54. The second-order valence-electron chi connectivity index (χ2n) is 10.8. The minimum absolute atomic E-state index is 0.545. The summed E-state index contributed by atoms with van der Waals surface area (Å²) in [5.41, 5.74) is 16.4. The lowest BCUT2D eigenvalue weighted by Crippen LogP contribution is -2.75. The molecule has 0 aromatic carbocycles. The summed E-state index contributed by atoms with van der Waals surface area (Å²) in [5, 5.41) is 83.4. The normalized spacial score (nSPS) is 48.4. The first-order valence-corrected chi connectivity index (χ1v) is 13.9. The SMILES string of the molecule is CCN(CC)C(C)[C@]1(CO)O[C@H](OC2[C@@H](CO)O[C@@H](OC3[C@@H](CO)O[C@@H](O)[C@H](N)[C@H]3O)[C@H](N)[C@H]2O)[C@H](N)[C@@H](O)[C@@H]1O. The molecule has 0 aliphatic carbocycles. The van der Waals surface area contributed by atoms with E-state index in [4.69, 9.17) is 40.9 Å². The molecule has 17 nitrogen and oxygen atoms in total. The molecule has 0 aromatic heterocycles. The van der Waals surface area contributed by atoms with Gasteiger partial charge in [0.15, 0.2) is 18.9 Å². The van der Waals surface area contributed by atoms with Crippen molar-refractivity contribution in [2.75, 3.05) is 32.9 Å². The van der Waals surface area contributed by atoms with Crippen LogP contribution in [0.25, 0.3) is 0 Å². The van der Waals surface area contributed by atoms with Gasteiger partial charge in [-0.15, -0.1) is 0 Å². The standard InChI is InChI=1S/C24H48N4O13/c1-4-28(5-2)9(3)24(8-31)20(35)17(34)14(27)23(41-24)40-19-11(7-30)38-22(13(26)16(19)33)39-18-10(6-29)37-21(36)12(25)15(18)32/h9-23,29-36H,4-8,25-27H2,1-3H3/t9?,10-,11-,12-,13-,14-,15-,16-,17-,18?,19?,20+,21-,22+,23+,24+/m1/s1. The van der Waals surface area contributed by atoms with Gasteiger partial charge in [-0.3, -0.25) is 4.90 Å². The minimum atomic E-state index is -1.73. The van der Waals surface area contributed by atoms with E-state index in [-0.39, 0.29) is 0 Å². The highest BCUT2D eigenvalue weighted by Crippen LogP contribution is 2.37. The van der Waals surface area contributed by atoms with Crippen LogP contribution >= 0.6 is 0 Å².